The van der Waals surface area contributed by atoms with E-state index in [4.69, 9.17) is 4.74 Å². The summed E-state index contributed by atoms with van der Waals surface area (Å²) in [7, 11) is 0. The van der Waals surface area contributed by atoms with Crippen LogP contribution in [0.4, 0.5) is 13.2 Å². The molecule has 0 saturated carbocycles. The smallest absolute Gasteiger partial charge is 0.428 e. The fourth-order valence-electron chi connectivity index (χ4n) is 1.91. The van der Waals surface area contributed by atoms with E-state index in [1.807, 2.05) is 0 Å². The van der Waals surface area contributed by atoms with Crippen LogP contribution in [0.5, 0.6) is 0 Å². The van der Waals surface area contributed by atoms with Gasteiger partial charge in [-0.2, -0.15) is 13.2 Å². The summed E-state index contributed by atoms with van der Waals surface area (Å²) in [6.07, 6.45) is -4.15. The van der Waals surface area contributed by atoms with Crippen LogP contribution in [0.3, 0.4) is 0 Å². The van der Waals surface area contributed by atoms with Crippen LogP contribution in [0.25, 0.3) is 0 Å². The third-order valence-electron chi connectivity index (χ3n) is 3.09. The number of rotatable bonds is 8. The number of allylic oxidation sites excluding steroid dienone is 1. The minimum atomic E-state index is -4.88. The summed E-state index contributed by atoms with van der Waals surface area (Å²) in [5.74, 6) is -1.42. The standard InChI is InChI=1S/C16H19F3O3/c1-3-5-11-15(16(17,18)19,14(20)21-4-2)22-12-13-9-7-6-8-10-13/h3,6-10H,1,4-5,11-12H2,2H3. The number of hydrogen-bond acceptors (Lipinski definition) is 3. The minimum absolute atomic E-state index is 0.0207. The second kappa shape index (κ2) is 7.98. The molecule has 1 rings (SSSR count). The summed E-state index contributed by atoms with van der Waals surface area (Å²) in [5.41, 5.74) is -2.44. The Hall–Kier alpha value is -1.82. The number of esters is 1. The molecule has 0 N–H and O–H groups in total. The largest absolute Gasteiger partial charge is 0.464 e. The molecule has 0 bridgehead atoms. The Morgan fingerprint density at radius 2 is 1.91 bits per heavy atom. The zero-order chi connectivity index (χ0) is 16.6. The van der Waals surface area contributed by atoms with E-state index in [1.54, 1.807) is 30.3 Å². The van der Waals surface area contributed by atoms with Crippen LogP contribution >= 0.6 is 0 Å². The van der Waals surface area contributed by atoms with Crippen molar-refractivity contribution in [2.75, 3.05) is 6.61 Å². The van der Waals surface area contributed by atoms with Gasteiger partial charge in [0, 0.05) is 0 Å². The van der Waals surface area contributed by atoms with E-state index in [9.17, 15) is 18.0 Å². The summed E-state index contributed by atoms with van der Waals surface area (Å²) >= 11 is 0. The average Bonchev–Trinajstić information content (AvgIpc) is 2.47. The maximum absolute atomic E-state index is 13.5. The van der Waals surface area contributed by atoms with Crippen molar-refractivity contribution >= 4 is 5.97 Å². The third kappa shape index (κ3) is 4.34. The average molecular weight is 316 g/mol. The quantitative estimate of drug-likeness (QED) is 0.536. The number of carbonyl (C=O) groups excluding carboxylic acids is 1. The lowest BCUT2D eigenvalue weighted by Crippen LogP contribution is -2.55. The summed E-state index contributed by atoms with van der Waals surface area (Å²) in [5, 5.41) is 0. The number of alkyl halides is 3. The van der Waals surface area contributed by atoms with Gasteiger partial charge >= 0.3 is 12.1 Å². The van der Waals surface area contributed by atoms with Crippen molar-refractivity contribution in [3.63, 3.8) is 0 Å². The van der Waals surface area contributed by atoms with Crippen molar-refractivity contribution in [3.05, 3.63) is 48.6 Å². The molecule has 0 aliphatic rings. The molecule has 0 fully saturated rings. The Balaban J connectivity index is 3.05. The van der Waals surface area contributed by atoms with Gasteiger partial charge in [0.25, 0.3) is 5.60 Å². The Morgan fingerprint density at radius 3 is 2.41 bits per heavy atom. The van der Waals surface area contributed by atoms with E-state index < -0.39 is 24.2 Å². The highest BCUT2D eigenvalue weighted by molar-refractivity contribution is 5.80. The maximum Gasteiger partial charge on any atom is 0.428 e. The Labute approximate surface area is 127 Å². The van der Waals surface area contributed by atoms with E-state index in [1.165, 1.54) is 13.0 Å². The van der Waals surface area contributed by atoms with Crippen LogP contribution in [0.15, 0.2) is 43.0 Å². The fourth-order valence-corrected chi connectivity index (χ4v) is 1.91. The van der Waals surface area contributed by atoms with Gasteiger partial charge < -0.3 is 9.47 Å². The van der Waals surface area contributed by atoms with Crippen molar-refractivity contribution in [2.24, 2.45) is 0 Å². The van der Waals surface area contributed by atoms with Crippen LogP contribution in [0.1, 0.15) is 25.3 Å². The molecule has 0 saturated heterocycles. The molecule has 3 nitrogen and oxygen atoms in total. The van der Waals surface area contributed by atoms with Gasteiger partial charge in [-0.25, -0.2) is 4.79 Å². The Morgan fingerprint density at radius 1 is 1.27 bits per heavy atom. The molecule has 0 radical (unpaired) electrons. The van der Waals surface area contributed by atoms with E-state index in [0.29, 0.717) is 5.56 Å². The molecular weight excluding hydrogens is 297 g/mol. The second-order valence-electron chi connectivity index (χ2n) is 4.65. The van der Waals surface area contributed by atoms with Crippen LogP contribution in [-0.4, -0.2) is 24.4 Å². The lowest BCUT2D eigenvalue weighted by Gasteiger charge is -2.33. The van der Waals surface area contributed by atoms with Gasteiger partial charge in [0.1, 0.15) is 0 Å². The molecule has 122 valence electrons. The molecule has 0 spiro atoms. The Bertz CT molecular complexity index is 485. The van der Waals surface area contributed by atoms with Crippen molar-refractivity contribution < 1.29 is 27.4 Å². The van der Waals surface area contributed by atoms with E-state index in [-0.39, 0.29) is 19.6 Å². The molecular formula is C16H19F3O3. The highest BCUT2D eigenvalue weighted by Gasteiger charge is 2.62. The summed E-state index contributed by atoms with van der Waals surface area (Å²) in [6, 6.07) is 8.35. The third-order valence-corrected chi connectivity index (χ3v) is 3.09. The highest BCUT2D eigenvalue weighted by atomic mass is 19.4. The van der Waals surface area contributed by atoms with Crippen LogP contribution in [-0.2, 0) is 20.9 Å². The van der Waals surface area contributed by atoms with Crippen molar-refractivity contribution in [1.29, 1.82) is 0 Å². The molecule has 1 atom stereocenters. The van der Waals surface area contributed by atoms with Gasteiger partial charge in [-0.05, 0) is 25.3 Å². The molecule has 0 aliphatic heterocycles. The van der Waals surface area contributed by atoms with Crippen molar-refractivity contribution in [1.82, 2.24) is 0 Å². The van der Waals surface area contributed by atoms with Crippen molar-refractivity contribution in [2.45, 2.75) is 38.1 Å². The number of halogens is 3. The normalized spacial score (nSPS) is 14.2. The number of benzene rings is 1. The van der Waals surface area contributed by atoms with Gasteiger partial charge in [-0.15, -0.1) is 6.58 Å². The molecule has 1 unspecified atom stereocenters. The maximum atomic E-state index is 13.5. The lowest BCUT2D eigenvalue weighted by atomic mass is 9.96. The summed E-state index contributed by atoms with van der Waals surface area (Å²) < 4.78 is 50.2. The van der Waals surface area contributed by atoms with Gasteiger partial charge in [-0.3, -0.25) is 0 Å². The van der Waals surface area contributed by atoms with Crippen molar-refractivity contribution in [3.8, 4) is 0 Å². The molecule has 0 heterocycles. The number of carbonyl (C=O) groups is 1. The van der Waals surface area contributed by atoms with Gasteiger partial charge in [-0.1, -0.05) is 36.4 Å². The Kier molecular flexibility index (Phi) is 6.61. The second-order valence-corrected chi connectivity index (χ2v) is 4.65. The molecule has 22 heavy (non-hydrogen) atoms. The van der Waals surface area contributed by atoms with Crippen LogP contribution < -0.4 is 0 Å². The van der Waals surface area contributed by atoms with Crippen LogP contribution in [0.2, 0.25) is 0 Å². The predicted octanol–water partition coefficient (Wildman–Crippen LogP) is 4.03. The predicted molar refractivity (Wildman–Crippen MR) is 76.1 cm³/mol. The first-order chi connectivity index (χ1) is 10.4. The first kappa shape index (κ1) is 18.2. The fraction of sp³-hybridized carbons (Fsp3) is 0.438. The highest BCUT2D eigenvalue weighted by Crippen LogP contribution is 2.39. The molecule has 6 heteroatoms. The number of ether oxygens (including phenoxy) is 2. The molecule has 0 amide bonds. The van der Waals surface area contributed by atoms with E-state index in [0.717, 1.165) is 0 Å². The molecule has 1 aromatic carbocycles. The number of hydrogen-bond donors (Lipinski definition) is 0. The molecule has 0 aliphatic carbocycles. The minimum Gasteiger partial charge on any atom is -0.464 e. The molecule has 1 aromatic rings. The van der Waals surface area contributed by atoms with Gasteiger partial charge in [0.2, 0.25) is 0 Å². The first-order valence-electron chi connectivity index (χ1n) is 6.90. The lowest BCUT2D eigenvalue weighted by molar-refractivity contribution is -0.282. The summed E-state index contributed by atoms with van der Waals surface area (Å²) in [4.78, 5) is 11.9. The summed E-state index contributed by atoms with van der Waals surface area (Å²) in [6.45, 7) is 4.35. The zero-order valence-corrected chi connectivity index (χ0v) is 12.4. The van der Waals surface area contributed by atoms with Crippen LogP contribution in [0, 0.1) is 0 Å². The monoisotopic (exact) mass is 316 g/mol. The first-order valence-corrected chi connectivity index (χ1v) is 6.90. The molecule has 0 aromatic heterocycles. The van der Waals surface area contributed by atoms with Gasteiger partial charge in [0.05, 0.1) is 13.2 Å². The topological polar surface area (TPSA) is 35.5 Å². The van der Waals surface area contributed by atoms with E-state index >= 15 is 0 Å². The van der Waals surface area contributed by atoms with E-state index in [2.05, 4.69) is 11.3 Å². The van der Waals surface area contributed by atoms with Gasteiger partial charge in [0.15, 0.2) is 0 Å². The SMILES string of the molecule is C=CCCC(OCc1ccccc1)(C(=O)OCC)C(F)(F)F. The zero-order valence-electron chi connectivity index (χ0n) is 12.4.